The Morgan fingerprint density at radius 1 is 0.757 bits per heavy atom. The third-order valence-electron chi connectivity index (χ3n) is 6.88. The number of hydrogen-bond acceptors (Lipinski definition) is 2. The van der Waals surface area contributed by atoms with E-state index in [1.165, 1.54) is 23.1 Å². The lowest BCUT2D eigenvalue weighted by molar-refractivity contribution is -0.104. The second-order valence-corrected chi connectivity index (χ2v) is 9.67. The van der Waals surface area contributed by atoms with Gasteiger partial charge in [0.2, 0.25) is 0 Å². The molecule has 0 radical (unpaired) electrons. The number of anilines is 2. The van der Waals surface area contributed by atoms with Gasteiger partial charge < -0.3 is 4.90 Å². The van der Waals surface area contributed by atoms with Gasteiger partial charge in [0, 0.05) is 16.9 Å². The number of benzene rings is 3. The van der Waals surface area contributed by atoms with Crippen molar-refractivity contribution in [3.8, 4) is 0 Å². The number of aryl methyl sites for hydroxylation is 1. The quantitative estimate of drug-likeness (QED) is 0.210. The van der Waals surface area contributed by atoms with Gasteiger partial charge in [-0.1, -0.05) is 118 Å². The van der Waals surface area contributed by atoms with Gasteiger partial charge in [0.15, 0.2) is 0 Å². The van der Waals surface area contributed by atoms with E-state index < -0.39 is 0 Å². The van der Waals surface area contributed by atoms with Crippen molar-refractivity contribution < 1.29 is 4.79 Å². The Hall–Kier alpha value is -3.91. The van der Waals surface area contributed by atoms with E-state index in [0.29, 0.717) is 0 Å². The third kappa shape index (κ3) is 6.86. The van der Waals surface area contributed by atoms with Crippen molar-refractivity contribution in [2.75, 3.05) is 4.90 Å². The van der Waals surface area contributed by atoms with Gasteiger partial charge in [-0.2, -0.15) is 0 Å². The van der Waals surface area contributed by atoms with Crippen LogP contribution in [0.4, 0.5) is 11.4 Å². The van der Waals surface area contributed by atoms with Crippen LogP contribution in [0, 0.1) is 5.92 Å². The smallest absolute Gasteiger partial charge is 0.149 e. The van der Waals surface area contributed by atoms with Crippen molar-refractivity contribution in [3.63, 3.8) is 0 Å². The predicted octanol–water partition coefficient (Wildman–Crippen LogP) is 9.07. The lowest BCUT2D eigenvalue weighted by Gasteiger charge is -2.36. The Morgan fingerprint density at radius 2 is 1.30 bits per heavy atom. The van der Waals surface area contributed by atoms with Crippen LogP contribution < -0.4 is 4.90 Å². The van der Waals surface area contributed by atoms with E-state index in [2.05, 4.69) is 135 Å². The van der Waals surface area contributed by atoms with Crippen molar-refractivity contribution >= 4 is 35.9 Å². The van der Waals surface area contributed by atoms with E-state index in [0.717, 1.165) is 41.6 Å². The molecule has 0 aromatic heterocycles. The molecule has 0 bridgehead atoms. The van der Waals surface area contributed by atoms with Gasteiger partial charge in [-0.15, -0.1) is 0 Å². The molecule has 3 aromatic rings. The van der Waals surface area contributed by atoms with Crippen LogP contribution in [0.2, 0.25) is 0 Å². The normalized spacial score (nSPS) is 17.3. The van der Waals surface area contributed by atoms with Crippen LogP contribution in [0.3, 0.4) is 0 Å². The molecule has 0 saturated carbocycles. The fourth-order valence-corrected chi connectivity index (χ4v) is 4.67. The third-order valence-corrected chi connectivity index (χ3v) is 6.88. The van der Waals surface area contributed by atoms with Crippen molar-refractivity contribution in [1.82, 2.24) is 0 Å². The molecular formula is C35H37NO. The van der Waals surface area contributed by atoms with Gasteiger partial charge in [0.1, 0.15) is 6.29 Å². The van der Waals surface area contributed by atoms with Crippen LogP contribution in [-0.2, 0) is 11.2 Å². The zero-order chi connectivity index (χ0) is 26.0. The molecular weight excluding hydrogens is 450 g/mol. The lowest BCUT2D eigenvalue weighted by Crippen LogP contribution is -2.35. The highest BCUT2D eigenvalue weighted by atomic mass is 16.1. The first-order valence-electron chi connectivity index (χ1n) is 13.4. The number of nitrogens with zero attached hydrogens (tertiary/aromatic N) is 1. The number of hydrogen-bond donors (Lipinski definition) is 0. The maximum absolute atomic E-state index is 11.3. The lowest BCUT2D eigenvalue weighted by atomic mass is 9.91. The molecule has 1 aliphatic rings. The SMILES string of the molecule is CCC/C=C\c1ccc(/C=C\c2ccc(N(c3ccc(CC)cc3)C3C=CC(C=O)=CC3C)cc2)cc1. The standard InChI is InChI=1S/C35H37NO/c1-4-6-7-8-29-9-11-30(12-10-29)13-14-31-17-22-34(23-18-31)36(33-20-15-28(5-2)16-21-33)35-24-19-32(26-37)25-27(35)3/h7-27,35H,4-6H2,1-3H3/b8-7-,14-13-. The summed E-state index contributed by atoms with van der Waals surface area (Å²) in [6.45, 7) is 6.55. The van der Waals surface area contributed by atoms with E-state index >= 15 is 0 Å². The first-order chi connectivity index (χ1) is 18.1. The van der Waals surface area contributed by atoms with Gasteiger partial charge in [-0.3, -0.25) is 4.79 Å². The highest BCUT2D eigenvalue weighted by Crippen LogP contribution is 2.34. The van der Waals surface area contributed by atoms with E-state index in [1.54, 1.807) is 0 Å². The molecule has 0 amide bonds. The van der Waals surface area contributed by atoms with Gasteiger partial charge in [-0.05, 0) is 65.3 Å². The molecule has 0 N–H and O–H groups in total. The minimum atomic E-state index is 0.127. The Kier molecular flexibility index (Phi) is 9.10. The first kappa shape index (κ1) is 26.2. The molecule has 37 heavy (non-hydrogen) atoms. The molecule has 0 heterocycles. The Bertz CT molecular complexity index is 1270. The number of carbonyl (C=O) groups is 1. The molecule has 0 aliphatic heterocycles. The summed E-state index contributed by atoms with van der Waals surface area (Å²) in [6, 6.07) is 26.3. The summed E-state index contributed by atoms with van der Waals surface area (Å²) in [6.07, 6.45) is 19.1. The molecule has 0 fully saturated rings. The van der Waals surface area contributed by atoms with Crippen LogP contribution in [0.1, 0.15) is 55.9 Å². The number of carbonyl (C=O) groups excluding carboxylic acids is 1. The molecule has 0 spiro atoms. The molecule has 0 saturated heterocycles. The molecule has 2 nitrogen and oxygen atoms in total. The Labute approximate surface area is 222 Å². The summed E-state index contributed by atoms with van der Waals surface area (Å²) >= 11 is 0. The van der Waals surface area contributed by atoms with Gasteiger partial charge in [0.25, 0.3) is 0 Å². The first-order valence-corrected chi connectivity index (χ1v) is 13.4. The Balaban J connectivity index is 1.55. The summed E-state index contributed by atoms with van der Waals surface area (Å²) in [4.78, 5) is 13.7. The molecule has 3 aromatic carbocycles. The van der Waals surface area contributed by atoms with Crippen molar-refractivity contribution in [1.29, 1.82) is 0 Å². The Morgan fingerprint density at radius 3 is 1.81 bits per heavy atom. The molecule has 2 unspecified atom stereocenters. The van der Waals surface area contributed by atoms with Gasteiger partial charge >= 0.3 is 0 Å². The second kappa shape index (κ2) is 12.9. The maximum atomic E-state index is 11.3. The van der Waals surface area contributed by atoms with E-state index in [9.17, 15) is 4.79 Å². The largest absolute Gasteiger partial charge is 0.334 e. The molecule has 2 atom stereocenters. The van der Waals surface area contributed by atoms with E-state index in [-0.39, 0.29) is 12.0 Å². The molecule has 2 heteroatoms. The van der Waals surface area contributed by atoms with Crippen molar-refractivity contribution in [3.05, 3.63) is 125 Å². The maximum Gasteiger partial charge on any atom is 0.149 e. The number of unbranched alkanes of at least 4 members (excludes halogenated alkanes) is 1. The summed E-state index contributed by atoms with van der Waals surface area (Å²) < 4.78 is 0. The second-order valence-electron chi connectivity index (χ2n) is 9.67. The monoisotopic (exact) mass is 487 g/mol. The van der Waals surface area contributed by atoms with Crippen LogP contribution >= 0.6 is 0 Å². The number of allylic oxidation sites excluding steroid dienone is 3. The predicted molar refractivity (Wildman–Crippen MR) is 160 cm³/mol. The van der Waals surface area contributed by atoms with Gasteiger partial charge in [-0.25, -0.2) is 0 Å². The summed E-state index contributed by atoms with van der Waals surface area (Å²) in [5.74, 6) is 0.204. The summed E-state index contributed by atoms with van der Waals surface area (Å²) in [5, 5.41) is 0. The zero-order valence-corrected chi connectivity index (χ0v) is 22.2. The van der Waals surface area contributed by atoms with Crippen molar-refractivity contribution in [2.24, 2.45) is 5.92 Å². The average Bonchev–Trinajstić information content (AvgIpc) is 2.94. The van der Waals surface area contributed by atoms with Crippen molar-refractivity contribution in [2.45, 2.75) is 46.1 Å². The molecule has 1 aliphatic carbocycles. The topological polar surface area (TPSA) is 20.3 Å². The van der Waals surface area contributed by atoms with E-state index in [1.807, 2.05) is 6.08 Å². The molecule has 188 valence electrons. The summed E-state index contributed by atoms with van der Waals surface area (Å²) in [5.41, 5.74) is 7.94. The van der Waals surface area contributed by atoms with Crippen LogP contribution in [0.15, 0.2) is 103 Å². The molecule has 4 rings (SSSR count). The van der Waals surface area contributed by atoms with E-state index in [4.69, 9.17) is 0 Å². The van der Waals surface area contributed by atoms with Crippen LogP contribution in [-0.4, -0.2) is 12.3 Å². The fourth-order valence-electron chi connectivity index (χ4n) is 4.67. The van der Waals surface area contributed by atoms with Crippen LogP contribution in [0.5, 0.6) is 0 Å². The number of aldehydes is 1. The number of rotatable bonds is 10. The minimum Gasteiger partial charge on any atom is -0.334 e. The highest BCUT2D eigenvalue weighted by molar-refractivity contribution is 5.79. The highest BCUT2D eigenvalue weighted by Gasteiger charge is 2.25. The fraction of sp³-hybridized carbons (Fsp3) is 0.229. The van der Waals surface area contributed by atoms with Crippen LogP contribution in [0.25, 0.3) is 18.2 Å². The zero-order valence-electron chi connectivity index (χ0n) is 22.2. The summed E-state index contributed by atoms with van der Waals surface area (Å²) in [7, 11) is 0. The van der Waals surface area contributed by atoms with Gasteiger partial charge in [0.05, 0.1) is 6.04 Å². The minimum absolute atomic E-state index is 0.127. The average molecular weight is 488 g/mol.